The molecule has 0 radical (unpaired) electrons. The minimum absolute atomic E-state index is 0.0113. The highest BCUT2D eigenvalue weighted by molar-refractivity contribution is 7.89. The van der Waals surface area contributed by atoms with Crippen LogP contribution in [-0.4, -0.2) is 40.2 Å². The number of primary sulfonamides is 1. The van der Waals surface area contributed by atoms with Gasteiger partial charge in [-0.1, -0.05) is 0 Å². The molecule has 0 amide bonds. The van der Waals surface area contributed by atoms with Crippen LogP contribution >= 0.6 is 0 Å². The van der Waals surface area contributed by atoms with Gasteiger partial charge >= 0.3 is 0 Å². The lowest BCUT2D eigenvalue weighted by Crippen LogP contribution is -2.11. The zero-order valence-corrected chi connectivity index (χ0v) is 14.8. The molecule has 0 fully saturated rings. The number of nitrogens with one attached hydrogen (secondary N) is 2. The summed E-state index contributed by atoms with van der Waals surface area (Å²) in [7, 11) is -1.99. The van der Waals surface area contributed by atoms with Gasteiger partial charge in [0, 0.05) is 18.3 Å². The summed E-state index contributed by atoms with van der Waals surface area (Å²) in [5.41, 5.74) is 7.28. The zero-order valence-electron chi connectivity index (χ0n) is 14.0. The van der Waals surface area contributed by atoms with Crippen molar-refractivity contribution in [2.75, 3.05) is 23.4 Å². The van der Waals surface area contributed by atoms with E-state index in [1.54, 1.807) is 19.2 Å². The first-order valence-electron chi connectivity index (χ1n) is 7.41. The van der Waals surface area contributed by atoms with Gasteiger partial charge in [0.1, 0.15) is 12.1 Å². The maximum Gasteiger partial charge on any atom is 0.248 e. The highest BCUT2D eigenvalue weighted by atomic mass is 32.2. The van der Waals surface area contributed by atoms with Gasteiger partial charge in [0.25, 0.3) is 0 Å². The van der Waals surface area contributed by atoms with Gasteiger partial charge in [0.05, 0.1) is 4.90 Å². The van der Waals surface area contributed by atoms with Crippen molar-refractivity contribution in [1.29, 1.82) is 0 Å². The fraction of sp³-hybridized carbons (Fsp3) is 0.143. The molecule has 0 unspecified atom stereocenters. The standard InChI is InChI=1S/C14H17N9O2S/c1-8-11(17-2)18-7-19-12(8)23-13(15)21-14(22-23)20-9-3-5-10(6-4-9)26(16,24)25/h3-7H,1-2H3,(H2,16,24,25)(H,17,18,19)(H3,15,20,21,22). The average molecular weight is 375 g/mol. The molecule has 0 aliphatic carbocycles. The number of hydrogen-bond donors (Lipinski definition) is 4. The molecular formula is C14H17N9O2S. The van der Waals surface area contributed by atoms with E-state index in [1.165, 1.54) is 23.1 Å². The van der Waals surface area contributed by atoms with Gasteiger partial charge in [-0.05, 0) is 31.2 Å². The van der Waals surface area contributed by atoms with E-state index >= 15 is 0 Å². The number of anilines is 4. The molecule has 3 rings (SSSR count). The molecule has 0 bridgehead atoms. The van der Waals surface area contributed by atoms with Crippen LogP contribution in [0.5, 0.6) is 0 Å². The van der Waals surface area contributed by atoms with E-state index in [-0.39, 0.29) is 16.8 Å². The average Bonchev–Trinajstić information content (AvgIpc) is 2.95. The normalized spacial score (nSPS) is 11.3. The molecule has 0 spiro atoms. The fourth-order valence-electron chi connectivity index (χ4n) is 2.30. The van der Waals surface area contributed by atoms with Crippen molar-refractivity contribution in [2.45, 2.75) is 11.8 Å². The SMILES string of the molecule is CNc1ncnc(-n2nc(Nc3ccc(S(N)(=O)=O)cc3)nc2N)c1C. The maximum absolute atomic E-state index is 11.3. The van der Waals surface area contributed by atoms with Crippen LogP contribution in [0.1, 0.15) is 5.56 Å². The Hall–Kier alpha value is -3.25. The summed E-state index contributed by atoms with van der Waals surface area (Å²) in [6.07, 6.45) is 1.40. The van der Waals surface area contributed by atoms with Crippen LogP contribution in [-0.2, 0) is 10.0 Å². The molecule has 3 aromatic rings. The smallest absolute Gasteiger partial charge is 0.248 e. The Morgan fingerprint density at radius 2 is 1.85 bits per heavy atom. The first-order chi connectivity index (χ1) is 12.3. The third-order valence-electron chi connectivity index (χ3n) is 3.57. The molecule has 0 aliphatic heterocycles. The Labute approximate surface area is 149 Å². The highest BCUT2D eigenvalue weighted by Gasteiger charge is 2.15. The third-order valence-corrected chi connectivity index (χ3v) is 4.50. The van der Waals surface area contributed by atoms with E-state index in [4.69, 9.17) is 10.9 Å². The second kappa shape index (κ2) is 6.57. The first-order valence-corrected chi connectivity index (χ1v) is 8.96. The first kappa shape index (κ1) is 17.6. The molecule has 0 aliphatic rings. The Balaban J connectivity index is 1.89. The molecule has 1 aromatic carbocycles. The van der Waals surface area contributed by atoms with Gasteiger partial charge in [-0.3, -0.25) is 0 Å². The number of aromatic nitrogens is 5. The van der Waals surface area contributed by atoms with Crippen molar-refractivity contribution < 1.29 is 8.42 Å². The van der Waals surface area contributed by atoms with Gasteiger partial charge in [-0.15, -0.1) is 5.10 Å². The van der Waals surface area contributed by atoms with Gasteiger partial charge in [-0.25, -0.2) is 23.5 Å². The lowest BCUT2D eigenvalue weighted by atomic mass is 10.3. The minimum atomic E-state index is -3.75. The van der Waals surface area contributed by atoms with E-state index in [1.807, 2.05) is 6.92 Å². The summed E-state index contributed by atoms with van der Waals surface area (Å²) >= 11 is 0. The predicted octanol–water partition coefficient (Wildman–Crippen LogP) is 0.381. The number of nitrogens with zero attached hydrogens (tertiary/aromatic N) is 5. The largest absolute Gasteiger partial charge is 0.373 e. The van der Waals surface area contributed by atoms with Crippen LogP contribution in [0.15, 0.2) is 35.5 Å². The van der Waals surface area contributed by atoms with Crippen molar-refractivity contribution >= 4 is 33.4 Å². The summed E-state index contributed by atoms with van der Waals surface area (Å²) in [6, 6.07) is 5.86. The van der Waals surface area contributed by atoms with Crippen molar-refractivity contribution in [3.8, 4) is 5.82 Å². The third kappa shape index (κ3) is 3.41. The topological polar surface area (TPSA) is 167 Å². The Morgan fingerprint density at radius 3 is 2.46 bits per heavy atom. The molecule has 2 heterocycles. The number of nitrogens with two attached hydrogens (primary N) is 2. The van der Waals surface area contributed by atoms with Crippen LogP contribution in [0.25, 0.3) is 5.82 Å². The predicted molar refractivity (Wildman–Crippen MR) is 96.7 cm³/mol. The van der Waals surface area contributed by atoms with Gasteiger partial charge in [0.15, 0.2) is 5.82 Å². The molecule has 2 aromatic heterocycles. The fourth-order valence-corrected chi connectivity index (χ4v) is 2.81. The number of rotatable bonds is 5. The molecule has 0 atom stereocenters. The molecule has 26 heavy (non-hydrogen) atoms. The Morgan fingerprint density at radius 1 is 1.15 bits per heavy atom. The van der Waals surface area contributed by atoms with E-state index in [0.717, 1.165) is 5.56 Å². The van der Waals surface area contributed by atoms with E-state index < -0.39 is 10.0 Å². The van der Waals surface area contributed by atoms with E-state index in [9.17, 15) is 8.42 Å². The molecule has 12 heteroatoms. The second-order valence-electron chi connectivity index (χ2n) is 5.32. The molecule has 0 saturated heterocycles. The van der Waals surface area contributed by atoms with Crippen molar-refractivity contribution in [3.63, 3.8) is 0 Å². The van der Waals surface area contributed by atoms with E-state index in [0.29, 0.717) is 17.3 Å². The minimum Gasteiger partial charge on any atom is -0.373 e. The molecular weight excluding hydrogens is 358 g/mol. The summed E-state index contributed by atoms with van der Waals surface area (Å²) in [4.78, 5) is 12.5. The van der Waals surface area contributed by atoms with Crippen LogP contribution < -0.4 is 21.5 Å². The molecule has 0 saturated carbocycles. The summed E-state index contributed by atoms with van der Waals surface area (Å²) in [6.45, 7) is 1.83. The summed E-state index contributed by atoms with van der Waals surface area (Å²) < 4.78 is 24.0. The summed E-state index contributed by atoms with van der Waals surface area (Å²) in [5.74, 6) is 1.51. The van der Waals surface area contributed by atoms with Crippen molar-refractivity contribution in [2.24, 2.45) is 5.14 Å². The number of nitrogen functional groups attached to an aromatic ring is 1. The van der Waals surface area contributed by atoms with Crippen molar-refractivity contribution in [1.82, 2.24) is 24.7 Å². The molecule has 11 nitrogen and oxygen atoms in total. The second-order valence-corrected chi connectivity index (χ2v) is 6.88. The van der Waals surface area contributed by atoms with Gasteiger partial charge < -0.3 is 16.4 Å². The monoisotopic (exact) mass is 375 g/mol. The van der Waals surface area contributed by atoms with Crippen LogP contribution in [0.2, 0.25) is 0 Å². The number of benzene rings is 1. The summed E-state index contributed by atoms with van der Waals surface area (Å²) in [5, 5.41) is 15.3. The van der Waals surface area contributed by atoms with Gasteiger partial charge in [0.2, 0.25) is 21.9 Å². The van der Waals surface area contributed by atoms with Gasteiger partial charge in [-0.2, -0.15) is 9.67 Å². The number of sulfonamides is 1. The van der Waals surface area contributed by atoms with Crippen molar-refractivity contribution in [3.05, 3.63) is 36.2 Å². The Bertz CT molecular complexity index is 1040. The van der Waals surface area contributed by atoms with Crippen LogP contribution in [0.3, 0.4) is 0 Å². The van der Waals surface area contributed by atoms with E-state index in [2.05, 4.69) is 30.7 Å². The maximum atomic E-state index is 11.3. The Kier molecular flexibility index (Phi) is 4.44. The molecule has 6 N–H and O–H groups in total. The van der Waals surface area contributed by atoms with Crippen LogP contribution in [0, 0.1) is 6.92 Å². The highest BCUT2D eigenvalue weighted by Crippen LogP contribution is 2.21. The molecule has 136 valence electrons. The lowest BCUT2D eigenvalue weighted by molar-refractivity contribution is 0.598. The quantitative estimate of drug-likeness (QED) is 0.493. The van der Waals surface area contributed by atoms with Crippen LogP contribution in [0.4, 0.5) is 23.4 Å². The lowest BCUT2D eigenvalue weighted by Gasteiger charge is -2.08. The zero-order chi connectivity index (χ0) is 18.9. The number of hydrogen-bond acceptors (Lipinski definition) is 9.